The van der Waals surface area contributed by atoms with Crippen LogP contribution < -0.4 is 20.5 Å². The number of nitrogens with one attached hydrogen (secondary N) is 1. The Hall–Kier alpha value is -2.44. The summed E-state index contributed by atoms with van der Waals surface area (Å²) in [5.74, 6) is 0.669. The number of amidine groups is 1. The Morgan fingerprint density at radius 2 is 1.95 bits per heavy atom. The van der Waals surface area contributed by atoms with Gasteiger partial charge in [-0.3, -0.25) is 4.79 Å². The molecule has 0 saturated carbocycles. The van der Waals surface area contributed by atoms with Gasteiger partial charge in [0.25, 0.3) is 5.91 Å². The average molecular weight is 281 g/mol. The van der Waals surface area contributed by atoms with Gasteiger partial charge in [0.1, 0.15) is 0 Å². The molecule has 20 heavy (non-hydrogen) atoms. The number of carbonyl (C=O) groups is 1. The molecule has 1 amide bonds. The number of nitrogens with two attached hydrogens (primary N) is 1. The van der Waals surface area contributed by atoms with Crippen LogP contribution in [0.1, 0.15) is 24.2 Å². The number of amides is 1. The van der Waals surface area contributed by atoms with Gasteiger partial charge in [-0.05, 0) is 32.0 Å². The van der Waals surface area contributed by atoms with Crippen LogP contribution in [0.15, 0.2) is 23.4 Å². The number of benzene rings is 1. The van der Waals surface area contributed by atoms with Crippen molar-refractivity contribution in [2.75, 3.05) is 19.8 Å². The highest BCUT2D eigenvalue weighted by molar-refractivity contribution is 5.97. The van der Waals surface area contributed by atoms with Crippen LogP contribution >= 0.6 is 0 Å². The van der Waals surface area contributed by atoms with E-state index in [0.29, 0.717) is 30.3 Å². The smallest absolute Gasteiger partial charge is 0.251 e. The highest BCUT2D eigenvalue weighted by atomic mass is 16.5. The van der Waals surface area contributed by atoms with Crippen molar-refractivity contribution in [3.05, 3.63) is 23.8 Å². The summed E-state index contributed by atoms with van der Waals surface area (Å²) in [4.78, 5) is 11.9. The van der Waals surface area contributed by atoms with E-state index in [-0.39, 0.29) is 18.3 Å². The minimum Gasteiger partial charge on any atom is -0.490 e. The van der Waals surface area contributed by atoms with E-state index in [4.69, 9.17) is 20.4 Å². The summed E-state index contributed by atoms with van der Waals surface area (Å²) in [6, 6.07) is 4.89. The van der Waals surface area contributed by atoms with E-state index < -0.39 is 0 Å². The summed E-state index contributed by atoms with van der Waals surface area (Å²) in [5.41, 5.74) is 5.69. The Morgan fingerprint density at radius 3 is 2.55 bits per heavy atom. The minimum atomic E-state index is -0.347. The van der Waals surface area contributed by atoms with Gasteiger partial charge in [-0.15, -0.1) is 0 Å². The van der Waals surface area contributed by atoms with Crippen LogP contribution in [-0.4, -0.2) is 36.7 Å². The maximum Gasteiger partial charge on any atom is 0.251 e. The van der Waals surface area contributed by atoms with E-state index in [1.165, 1.54) is 0 Å². The lowest BCUT2D eigenvalue weighted by Gasteiger charge is -2.12. The van der Waals surface area contributed by atoms with Crippen molar-refractivity contribution >= 4 is 11.7 Å². The van der Waals surface area contributed by atoms with Crippen LogP contribution in [0.25, 0.3) is 0 Å². The minimum absolute atomic E-state index is 0.0352. The van der Waals surface area contributed by atoms with Crippen molar-refractivity contribution in [3.8, 4) is 11.5 Å². The second-order valence-electron chi connectivity index (χ2n) is 3.80. The molecule has 1 rings (SSSR count). The maximum atomic E-state index is 11.9. The van der Waals surface area contributed by atoms with E-state index in [9.17, 15) is 4.79 Å². The van der Waals surface area contributed by atoms with E-state index in [1.54, 1.807) is 18.2 Å². The van der Waals surface area contributed by atoms with Crippen molar-refractivity contribution in [2.24, 2.45) is 10.9 Å². The number of nitrogens with zero attached hydrogens (tertiary/aromatic N) is 1. The molecule has 0 aliphatic heterocycles. The SMILES string of the molecule is CCOc1ccc(C(=O)NC/C(N)=N/O)cc1OCC. The van der Waals surface area contributed by atoms with Gasteiger partial charge >= 0.3 is 0 Å². The van der Waals surface area contributed by atoms with Crippen LogP contribution in [0.5, 0.6) is 11.5 Å². The van der Waals surface area contributed by atoms with Crippen LogP contribution in [0.2, 0.25) is 0 Å². The molecule has 0 spiro atoms. The van der Waals surface area contributed by atoms with Crippen molar-refractivity contribution < 1.29 is 19.5 Å². The number of oxime groups is 1. The molecule has 7 heteroatoms. The van der Waals surface area contributed by atoms with Gasteiger partial charge in [-0.25, -0.2) is 0 Å². The first kappa shape index (κ1) is 15.6. The second-order valence-corrected chi connectivity index (χ2v) is 3.80. The predicted molar refractivity (Wildman–Crippen MR) is 74.5 cm³/mol. The molecule has 0 unspecified atom stereocenters. The molecule has 0 aliphatic carbocycles. The normalized spacial score (nSPS) is 11.0. The molecule has 0 fully saturated rings. The van der Waals surface area contributed by atoms with Crippen molar-refractivity contribution in [1.82, 2.24) is 5.32 Å². The first-order valence-electron chi connectivity index (χ1n) is 6.26. The van der Waals surface area contributed by atoms with E-state index in [1.807, 2.05) is 13.8 Å². The Balaban J connectivity index is 2.84. The molecular formula is C13H19N3O4. The lowest BCUT2D eigenvalue weighted by atomic mass is 10.2. The van der Waals surface area contributed by atoms with Gasteiger partial charge in [-0.2, -0.15) is 0 Å². The van der Waals surface area contributed by atoms with E-state index in [2.05, 4.69) is 10.5 Å². The van der Waals surface area contributed by atoms with Gasteiger partial charge in [-0.1, -0.05) is 5.16 Å². The number of hydrogen-bond donors (Lipinski definition) is 3. The fourth-order valence-corrected chi connectivity index (χ4v) is 1.50. The molecule has 0 saturated heterocycles. The van der Waals surface area contributed by atoms with Gasteiger partial charge in [0.05, 0.1) is 19.8 Å². The van der Waals surface area contributed by atoms with Crippen LogP contribution in [0, 0.1) is 0 Å². The van der Waals surface area contributed by atoms with Gasteiger partial charge in [0, 0.05) is 5.56 Å². The highest BCUT2D eigenvalue weighted by Gasteiger charge is 2.11. The lowest BCUT2D eigenvalue weighted by Crippen LogP contribution is -2.33. The molecule has 0 radical (unpaired) electrons. The number of rotatable bonds is 7. The molecule has 0 aliphatic rings. The summed E-state index contributed by atoms with van der Waals surface area (Å²) in [6.45, 7) is 4.66. The molecule has 0 atom stereocenters. The van der Waals surface area contributed by atoms with Gasteiger partial charge in [0.15, 0.2) is 17.3 Å². The Labute approximate surface area is 117 Å². The number of hydrogen-bond acceptors (Lipinski definition) is 5. The molecular weight excluding hydrogens is 262 g/mol. The molecule has 110 valence electrons. The monoisotopic (exact) mass is 281 g/mol. The molecule has 0 heterocycles. The lowest BCUT2D eigenvalue weighted by molar-refractivity contribution is 0.0958. The third-order valence-corrected chi connectivity index (χ3v) is 2.36. The summed E-state index contributed by atoms with van der Waals surface area (Å²) in [7, 11) is 0. The average Bonchev–Trinajstić information content (AvgIpc) is 2.46. The summed E-state index contributed by atoms with van der Waals surface area (Å²) >= 11 is 0. The molecule has 7 nitrogen and oxygen atoms in total. The van der Waals surface area contributed by atoms with Crippen molar-refractivity contribution in [3.63, 3.8) is 0 Å². The molecule has 0 aromatic heterocycles. The molecule has 0 bridgehead atoms. The predicted octanol–water partition coefficient (Wildman–Crippen LogP) is 0.960. The molecule has 1 aromatic rings. The number of ether oxygens (including phenoxy) is 2. The molecule has 4 N–H and O–H groups in total. The fourth-order valence-electron chi connectivity index (χ4n) is 1.50. The summed E-state index contributed by atoms with van der Waals surface area (Å²) in [5, 5.41) is 13.7. The quantitative estimate of drug-likeness (QED) is 0.299. The van der Waals surface area contributed by atoms with Crippen LogP contribution in [0.4, 0.5) is 0 Å². The summed E-state index contributed by atoms with van der Waals surface area (Å²) in [6.07, 6.45) is 0. The van der Waals surface area contributed by atoms with Crippen molar-refractivity contribution in [2.45, 2.75) is 13.8 Å². The topological polar surface area (TPSA) is 106 Å². The number of carbonyl (C=O) groups excluding carboxylic acids is 1. The first-order chi connectivity index (χ1) is 9.62. The zero-order valence-corrected chi connectivity index (χ0v) is 11.5. The highest BCUT2D eigenvalue weighted by Crippen LogP contribution is 2.28. The van der Waals surface area contributed by atoms with Gasteiger partial charge in [0.2, 0.25) is 0 Å². The molecule has 1 aromatic carbocycles. The second kappa shape index (κ2) is 7.88. The van der Waals surface area contributed by atoms with Crippen molar-refractivity contribution in [1.29, 1.82) is 0 Å². The fraction of sp³-hybridized carbons (Fsp3) is 0.385. The third-order valence-electron chi connectivity index (χ3n) is 2.36. The van der Waals surface area contributed by atoms with Gasteiger partial charge < -0.3 is 25.7 Å². The van der Waals surface area contributed by atoms with Crippen LogP contribution in [0.3, 0.4) is 0 Å². The zero-order valence-electron chi connectivity index (χ0n) is 11.5. The zero-order chi connectivity index (χ0) is 15.0. The van der Waals surface area contributed by atoms with E-state index >= 15 is 0 Å². The third kappa shape index (κ3) is 4.34. The Bertz CT molecular complexity index is 489. The maximum absolute atomic E-state index is 11.9. The largest absolute Gasteiger partial charge is 0.490 e. The Morgan fingerprint density at radius 1 is 1.30 bits per heavy atom. The van der Waals surface area contributed by atoms with E-state index in [0.717, 1.165) is 0 Å². The summed E-state index contributed by atoms with van der Waals surface area (Å²) < 4.78 is 10.8. The Kier molecular flexibility index (Phi) is 6.15. The standard InChI is InChI=1S/C13H19N3O4/c1-3-19-10-6-5-9(7-11(10)20-4-2)13(17)15-8-12(14)16-18/h5-7,18H,3-4,8H2,1-2H3,(H2,14,16)(H,15,17). The van der Waals surface area contributed by atoms with Crippen LogP contribution in [-0.2, 0) is 0 Å². The first-order valence-corrected chi connectivity index (χ1v) is 6.26.